The summed E-state index contributed by atoms with van der Waals surface area (Å²) in [6.07, 6.45) is 1.86. The van der Waals surface area contributed by atoms with E-state index in [2.05, 4.69) is 11.4 Å². The average Bonchev–Trinajstić information content (AvgIpc) is 2.90. The zero-order chi connectivity index (χ0) is 15.5. The number of anilines is 1. The van der Waals surface area contributed by atoms with Gasteiger partial charge in [-0.3, -0.25) is 4.79 Å². The number of para-hydroxylation sites is 1. The van der Waals surface area contributed by atoms with Crippen LogP contribution in [0.2, 0.25) is 0 Å². The molecule has 1 heterocycles. The Labute approximate surface area is 128 Å². The first-order chi connectivity index (χ1) is 10.7. The highest BCUT2D eigenvalue weighted by Crippen LogP contribution is 2.21. The van der Waals surface area contributed by atoms with Gasteiger partial charge >= 0.3 is 0 Å². The molecule has 0 amide bonds. The summed E-state index contributed by atoms with van der Waals surface area (Å²) in [6.45, 7) is 0.197. The molecule has 0 fully saturated rings. The van der Waals surface area contributed by atoms with Crippen LogP contribution in [-0.4, -0.2) is 16.9 Å². The predicted molar refractivity (Wildman–Crippen MR) is 86.9 cm³/mol. The summed E-state index contributed by atoms with van der Waals surface area (Å²) >= 11 is 0. The van der Waals surface area contributed by atoms with E-state index < -0.39 is 0 Å². The first-order valence-electron chi connectivity index (χ1n) is 7.00. The van der Waals surface area contributed by atoms with Crippen LogP contribution in [0.15, 0.2) is 54.7 Å². The number of nitrogens with one attached hydrogen (secondary N) is 1. The number of nitrogens with zero attached hydrogens (tertiary/aromatic N) is 2. The number of hydrogen-bond acceptors (Lipinski definition) is 3. The Kier molecular flexibility index (Phi) is 3.63. The summed E-state index contributed by atoms with van der Waals surface area (Å²) in [5.41, 5.74) is 3.09. The minimum absolute atomic E-state index is 0.0270. The molecular formula is C18H15N3O. The summed E-state index contributed by atoms with van der Waals surface area (Å²) in [7, 11) is 1.93. The highest BCUT2D eigenvalue weighted by molar-refractivity contribution is 6.09. The van der Waals surface area contributed by atoms with Crippen LogP contribution < -0.4 is 5.32 Å². The van der Waals surface area contributed by atoms with Gasteiger partial charge in [-0.25, -0.2) is 0 Å². The fourth-order valence-corrected chi connectivity index (χ4v) is 2.54. The predicted octanol–water partition coefficient (Wildman–Crippen LogP) is 3.34. The first kappa shape index (κ1) is 13.9. The zero-order valence-electron chi connectivity index (χ0n) is 12.2. The number of aromatic nitrogens is 1. The maximum Gasteiger partial charge on any atom is 0.184 e. The lowest BCUT2D eigenvalue weighted by molar-refractivity contribution is 0.101. The number of fused-ring (bicyclic) bond motifs is 1. The van der Waals surface area contributed by atoms with Crippen molar-refractivity contribution in [2.75, 3.05) is 11.9 Å². The minimum atomic E-state index is 0.0270. The molecule has 4 heteroatoms. The second-order valence-electron chi connectivity index (χ2n) is 5.14. The minimum Gasteiger partial charge on any atom is -0.378 e. The number of carbonyl (C=O) groups is 1. The molecule has 4 nitrogen and oxygen atoms in total. The van der Waals surface area contributed by atoms with E-state index in [1.54, 1.807) is 18.2 Å². The number of nitriles is 1. The Balaban J connectivity index is 1.80. The van der Waals surface area contributed by atoms with E-state index in [-0.39, 0.29) is 12.3 Å². The number of hydrogen-bond donors (Lipinski definition) is 1. The summed E-state index contributed by atoms with van der Waals surface area (Å²) < 4.78 is 1.96. The molecule has 2 aromatic carbocycles. The van der Waals surface area contributed by atoms with Crippen LogP contribution in [0.1, 0.15) is 15.9 Å². The van der Waals surface area contributed by atoms with Gasteiger partial charge in [0, 0.05) is 35.4 Å². The molecule has 0 aliphatic heterocycles. The van der Waals surface area contributed by atoms with Crippen LogP contribution in [-0.2, 0) is 7.05 Å². The van der Waals surface area contributed by atoms with Crippen LogP contribution >= 0.6 is 0 Å². The molecular weight excluding hydrogens is 274 g/mol. The van der Waals surface area contributed by atoms with Gasteiger partial charge in [0.15, 0.2) is 5.78 Å². The third-order valence-corrected chi connectivity index (χ3v) is 3.64. The van der Waals surface area contributed by atoms with Crippen molar-refractivity contribution < 1.29 is 4.79 Å². The van der Waals surface area contributed by atoms with Gasteiger partial charge in [0.2, 0.25) is 0 Å². The number of ketones is 1. The molecule has 0 bridgehead atoms. The highest BCUT2D eigenvalue weighted by Gasteiger charge is 2.13. The molecule has 3 rings (SSSR count). The normalized spacial score (nSPS) is 10.4. The van der Waals surface area contributed by atoms with Gasteiger partial charge in [0.1, 0.15) is 0 Å². The SMILES string of the molecule is Cn1cc(C(=O)CNc2cccc(C#N)c2)c2ccccc21. The second kappa shape index (κ2) is 5.74. The van der Waals surface area contributed by atoms with E-state index in [0.717, 1.165) is 16.6 Å². The molecule has 0 aliphatic carbocycles. The molecule has 0 atom stereocenters. The molecule has 1 N–H and O–H groups in total. The fraction of sp³-hybridized carbons (Fsp3) is 0.111. The van der Waals surface area contributed by atoms with E-state index in [1.165, 1.54) is 0 Å². The topological polar surface area (TPSA) is 57.8 Å². The number of benzene rings is 2. The zero-order valence-corrected chi connectivity index (χ0v) is 12.2. The Morgan fingerprint density at radius 2 is 2.05 bits per heavy atom. The number of rotatable bonds is 4. The number of carbonyl (C=O) groups excluding carboxylic acids is 1. The lowest BCUT2D eigenvalue weighted by atomic mass is 10.1. The smallest absolute Gasteiger partial charge is 0.184 e. The van der Waals surface area contributed by atoms with E-state index >= 15 is 0 Å². The lowest BCUT2D eigenvalue weighted by Gasteiger charge is -2.05. The van der Waals surface area contributed by atoms with Gasteiger partial charge in [-0.2, -0.15) is 5.26 Å². The van der Waals surface area contributed by atoms with Crippen molar-refractivity contribution in [3.63, 3.8) is 0 Å². The van der Waals surface area contributed by atoms with E-state index in [1.807, 2.05) is 48.1 Å². The summed E-state index contributed by atoms with van der Waals surface area (Å²) in [6, 6.07) is 17.0. The van der Waals surface area contributed by atoms with Crippen molar-refractivity contribution in [3.8, 4) is 6.07 Å². The molecule has 0 unspecified atom stereocenters. The van der Waals surface area contributed by atoms with Crippen molar-refractivity contribution in [2.24, 2.45) is 7.05 Å². The van der Waals surface area contributed by atoms with E-state index in [4.69, 9.17) is 5.26 Å². The first-order valence-corrected chi connectivity index (χ1v) is 7.00. The largest absolute Gasteiger partial charge is 0.378 e. The van der Waals surface area contributed by atoms with Crippen LogP contribution in [0.4, 0.5) is 5.69 Å². The Morgan fingerprint density at radius 1 is 1.23 bits per heavy atom. The number of Topliss-reactive ketones (excluding diaryl/α,β-unsaturated/α-hetero) is 1. The molecule has 0 saturated heterocycles. The van der Waals surface area contributed by atoms with Gasteiger partial charge < -0.3 is 9.88 Å². The van der Waals surface area contributed by atoms with Gasteiger partial charge in [-0.1, -0.05) is 24.3 Å². The molecule has 0 radical (unpaired) electrons. The average molecular weight is 289 g/mol. The maximum atomic E-state index is 12.5. The van der Waals surface area contributed by atoms with Crippen LogP contribution in [0.3, 0.4) is 0 Å². The van der Waals surface area contributed by atoms with Crippen LogP contribution in [0.5, 0.6) is 0 Å². The third-order valence-electron chi connectivity index (χ3n) is 3.64. The van der Waals surface area contributed by atoms with Crippen LogP contribution in [0, 0.1) is 11.3 Å². The molecule has 22 heavy (non-hydrogen) atoms. The van der Waals surface area contributed by atoms with Crippen molar-refractivity contribution in [2.45, 2.75) is 0 Å². The van der Waals surface area contributed by atoms with E-state index in [9.17, 15) is 4.79 Å². The van der Waals surface area contributed by atoms with Gasteiger partial charge in [-0.15, -0.1) is 0 Å². The lowest BCUT2D eigenvalue weighted by Crippen LogP contribution is -2.13. The van der Waals surface area contributed by atoms with Crippen molar-refractivity contribution in [1.29, 1.82) is 5.26 Å². The van der Waals surface area contributed by atoms with E-state index in [0.29, 0.717) is 11.1 Å². The standard InChI is InChI=1S/C18H15N3O/c1-21-12-16(15-7-2-3-8-17(15)21)18(22)11-20-14-6-4-5-13(9-14)10-19/h2-9,12,20H,11H2,1H3. The molecule has 0 aliphatic rings. The Morgan fingerprint density at radius 3 is 2.86 bits per heavy atom. The van der Waals surface area contributed by atoms with Crippen molar-refractivity contribution >= 4 is 22.4 Å². The monoisotopic (exact) mass is 289 g/mol. The highest BCUT2D eigenvalue weighted by atomic mass is 16.1. The molecule has 0 spiro atoms. The molecule has 108 valence electrons. The quantitative estimate of drug-likeness (QED) is 0.749. The Hall–Kier alpha value is -3.06. The van der Waals surface area contributed by atoms with Gasteiger partial charge in [0.25, 0.3) is 0 Å². The summed E-state index contributed by atoms with van der Waals surface area (Å²) in [4.78, 5) is 12.5. The molecule has 0 saturated carbocycles. The summed E-state index contributed by atoms with van der Waals surface area (Å²) in [5.74, 6) is 0.0270. The molecule has 3 aromatic rings. The van der Waals surface area contributed by atoms with Gasteiger partial charge in [-0.05, 0) is 24.3 Å². The fourth-order valence-electron chi connectivity index (χ4n) is 2.54. The van der Waals surface area contributed by atoms with Crippen LogP contribution in [0.25, 0.3) is 10.9 Å². The maximum absolute atomic E-state index is 12.5. The third kappa shape index (κ3) is 2.57. The summed E-state index contributed by atoms with van der Waals surface area (Å²) in [5, 5.41) is 12.9. The number of aryl methyl sites for hydroxylation is 1. The second-order valence-corrected chi connectivity index (χ2v) is 5.14. The molecule has 1 aromatic heterocycles. The van der Waals surface area contributed by atoms with Gasteiger partial charge in [0.05, 0.1) is 18.2 Å². The van der Waals surface area contributed by atoms with Crippen molar-refractivity contribution in [1.82, 2.24) is 4.57 Å². The Bertz CT molecular complexity index is 887. The van der Waals surface area contributed by atoms with Crippen molar-refractivity contribution in [3.05, 3.63) is 65.9 Å².